The van der Waals surface area contributed by atoms with Crippen LogP contribution in [0.2, 0.25) is 0 Å². The Morgan fingerprint density at radius 2 is 2.00 bits per heavy atom. The van der Waals surface area contributed by atoms with Crippen molar-refractivity contribution in [3.05, 3.63) is 64.5 Å². The van der Waals surface area contributed by atoms with Crippen molar-refractivity contribution in [2.75, 3.05) is 6.54 Å². The molecule has 0 radical (unpaired) electrons. The minimum Gasteiger partial charge on any atom is -0.354 e. The molecule has 0 spiro atoms. The van der Waals surface area contributed by atoms with Crippen LogP contribution in [0, 0.1) is 10.1 Å². The number of rotatable bonds is 6. The predicted molar refractivity (Wildman–Crippen MR) is 74.2 cm³/mol. The van der Waals surface area contributed by atoms with Gasteiger partial charge in [-0.05, 0) is 17.7 Å². The van der Waals surface area contributed by atoms with Crippen molar-refractivity contribution >= 4 is 11.6 Å². The van der Waals surface area contributed by atoms with Gasteiger partial charge in [-0.15, -0.1) is 0 Å². The summed E-state index contributed by atoms with van der Waals surface area (Å²) < 4.78 is 1.97. The van der Waals surface area contributed by atoms with Gasteiger partial charge in [-0.1, -0.05) is 12.1 Å². The Morgan fingerprint density at radius 3 is 2.70 bits per heavy atom. The van der Waals surface area contributed by atoms with E-state index in [9.17, 15) is 14.9 Å². The predicted octanol–water partition coefficient (Wildman–Crippen LogP) is 1.76. The van der Waals surface area contributed by atoms with Gasteiger partial charge in [0.05, 0.1) is 11.3 Å². The van der Waals surface area contributed by atoms with E-state index in [1.807, 2.05) is 29.1 Å². The smallest absolute Gasteiger partial charge is 0.269 e. The molecule has 1 heterocycles. The van der Waals surface area contributed by atoms with Crippen LogP contribution in [0.3, 0.4) is 0 Å². The molecular formula is C14H15N3O3. The summed E-state index contributed by atoms with van der Waals surface area (Å²) in [4.78, 5) is 21.9. The molecule has 0 aliphatic rings. The molecule has 0 saturated carbocycles. The maximum absolute atomic E-state index is 11.7. The van der Waals surface area contributed by atoms with Gasteiger partial charge in [-0.25, -0.2) is 0 Å². The van der Waals surface area contributed by atoms with Crippen molar-refractivity contribution in [2.24, 2.45) is 0 Å². The summed E-state index contributed by atoms with van der Waals surface area (Å²) in [5, 5.41) is 13.4. The zero-order valence-corrected chi connectivity index (χ0v) is 10.9. The number of nitro benzene ring substituents is 1. The summed E-state index contributed by atoms with van der Waals surface area (Å²) in [6.45, 7) is 1.23. The average Bonchev–Trinajstić information content (AvgIpc) is 2.92. The van der Waals surface area contributed by atoms with Crippen LogP contribution in [0.15, 0.2) is 48.8 Å². The van der Waals surface area contributed by atoms with Gasteiger partial charge in [-0.2, -0.15) is 0 Å². The molecular weight excluding hydrogens is 258 g/mol. The molecule has 0 aliphatic carbocycles. The van der Waals surface area contributed by atoms with E-state index in [1.54, 1.807) is 12.1 Å². The average molecular weight is 273 g/mol. The highest BCUT2D eigenvalue weighted by molar-refractivity contribution is 5.78. The fourth-order valence-electron chi connectivity index (χ4n) is 1.87. The molecule has 2 aromatic rings. The fourth-order valence-corrected chi connectivity index (χ4v) is 1.87. The summed E-state index contributed by atoms with van der Waals surface area (Å²) >= 11 is 0. The Hall–Kier alpha value is -2.63. The summed E-state index contributed by atoms with van der Waals surface area (Å²) in [6, 6.07) is 9.97. The highest BCUT2D eigenvalue weighted by atomic mass is 16.6. The van der Waals surface area contributed by atoms with E-state index in [0.717, 1.165) is 0 Å². The first kappa shape index (κ1) is 13.8. The second kappa shape index (κ2) is 6.51. The zero-order valence-electron chi connectivity index (χ0n) is 10.9. The number of hydrogen-bond donors (Lipinski definition) is 1. The molecule has 1 aromatic heterocycles. The molecule has 0 atom stereocenters. The number of nitrogens with zero attached hydrogens (tertiary/aromatic N) is 2. The lowest BCUT2D eigenvalue weighted by Gasteiger charge is -2.06. The van der Waals surface area contributed by atoms with E-state index >= 15 is 0 Å². The molecule has 6 nitrogen and oxygen atoms in total. The molecule has 0 unspecified atom stereocenters. The first-order chi connectivity index (χ1) is 9.65. The molecule has 104 valence electrons. The lowest BCUT2D eigenvalue weighted by atomic mass is 10.1. The third-order valence-corrected chi connectivity index (χ3v) is 2.84. The van der Waals surface area contributed by atoms with Crippen LogP contribution in [0.4, 0.5) is 5.69 Å². The van der Waals surface area contributed by atoms with Gasteiger partial charge in [-0.3, -0.25) is 14.9 Å². The Kier molecular flexibility index (Phi) is 4.49. The van der Waals surface area contributed by atoms with Crippen LogP contribution < -0.4 is 5.32 Å². The number of aromatic nitrogens is 1. The largest absolute Gasteiger partial charge is 0.354 e. The van der Waals surface area contributed by atoms with Crippen molar-refractivity contribution in [3.63, 3.8) is 0 Å². The van der Waals surface area contributed by atoms with Crippen LogP contribution in [0.5, 0.6) is 0 Å². The Balaban J connectivity index is 1.82. The molecule has 1 N–H and O–H groups in total. The topological polar surface area (TPSA) is 77.2 Å². The summed E-state index contributed by atoms with van der Waals surface area (Å²) in [5.41, 5.74) is 0.639. The monoisotopic (exact) mass is 273 g/mol. The van der Waals surface area contributed by atoms with Gasteiger partial charge in [0.2, 0.25) is 5.91 Å². The SMILES string of the molecule is O=C(Cc1cccc([N+](=O)[O-])c1)NCCn1cccc1. The number of nitro groups is 1. The number of amides is 1. The molecule has 1 amide bonds. The summed E-state index contributed by atoms with van der Waals surface area (Å²) in [6.07, 6.45) is 3.99. The van der Waals surface area contributed by atoms with E-state index in [0.29, 0.717) is 18.7 Å². The number of non-ortho nitro benzene ring substituents is 1. The third kappa shape index (κ3) is 3.94. The van der Waals surface area contributed by atoms with Crippen molar-refractivity contribution < 1.29 is 9.72 Å². The fraction of sp³-hybridized carbons (Fsp3) is 0.214. The first-order valence-electron chi connectivity index (χ1n) is 6.26. The number of nitrogens with one attached hydrogen (secondary N) is 1. The van der Waals surface area contributed by atoms with Gasteiger partial charge in [0.1, 0.15) is 0 Å². The van der Waals surface area contributed by atoms with Crippen LogP contribution in [0.25, 0.3) is 0 Å². The summed E-state index contributed by atoms with van der Waals surface area (Å²) in [5.74, 6) is -0.141. The van der Waals surface area contributed by atoms with Crippen molar-refractivity contribution in [2.45, 2.75) is 13.0 Å². The lowest BCUT2D eigenvalue weighted by Crippen LogP contribution is -2.28. The molecule has 1 aromatic carbocycles. The van der Waals surface area contributed by atoms with Crippen molar-refractivity contribution in [3.8, 4) is 0 Å². The van der Waals surface area contributed by atoms with Crippen LogP contribution in [-0.4, -0.2) is 21.9 Å². The maximum Gasteiger partial charge on any atom is 0.269 e. The summed E-state index contributed by atoms with van der Waals surface area (Å²) in [7, 11) is 0. The third-order valence-electron chi connectivity index (χ3n) is 2.84. The normalized spacial score (nSPS) is 10.2. The second-order valence-electron chi connectivity index (χ2n) is 4.37. The number of carbonyl (C=O) groups excluding carboxylic acids is 1. The zero-order chi connectivity index (χ0) is 14.4. The van der Waals surface area contributed by atoms with Gasteiger partial charge in [0.25, 0.3) is 5.69 Å². The molecule has 0 saturated heterocycles. The molecule has 20 heavy (non-hydrogen) atoms. The minimum absolute atomic E-state index is 0.00245. The van der Waals surface area contributed by atoms with Crippen LogP contribution in [0.1, 0.15) is 5.56 Å². The Bertz CT molecular complexity index is 593. The van der Waals surface area contributed by atoms with E-state index in [-0.39, 0.29) is 18.0 Å². The quantitative estimate of drug-likeness (QED) is 0.643. The number of carbonyl (C=O) groups is 1. The molecule has 0 bridgehead atoms. The van der Waals surface area contributed by atoms with Gasteiger partial charge in [0.15, 0.2) is 0 Å². The van der Waals surface area contributed by atoms with E-state index in [1.165, 1.54) is 12.1 Å². The van der Waals surface area contributed by atoms with E-state index in [4.69, 9.17) is 0 Å². The second-order valence-corrected chi connectivity index (χ2v) is 4.37. The number of benzene rings is 1. The van der Waals surface area contributed by atoms with E-state index < -0.39 is 4.92 Å². The van der Waals surface area contributed by atoms with Crippen LogP contribution in [-0.2, 0) is 17.8 Å². The van der Waals surface area contributed by atoms with Crippen molar-refractivity contribution in [1.82, 2.24) is 9.88 Å². The standard InChI is InChI=1S/C14H15N3O3/c18-14(15-6-9-16-7-1-2-8-16)11-12-4-3-5-13(10-12)17(19)20/h1-5,7-8,10H,6,9,11H2,(H,15,18). The Morgan fingerprint density at radius 1 is 1.25 bits per heavy atom. The van der Waals surface area contributed by atoms with E-state index in [2.05, 4.69) is 5.32 Å². The van der Waals surface area contributed by atoms with Gasteiger partial charge < -0.3 is 9.88 Å². The first-order valence-corrected chi connectivity index (χ1v) is 6.26. The van der Waals surface area contributed by atoms with Gasteiger partial charge in [0, 0.05) is 37.6 Å². The van der Waals surface area contributed by atoms with Crippen LogP contribution >= 0.6 is 0 Å². The molecule has 0 aliphatic heterocycles. The lowest BCUT2D eigenvalue weighted by molar-refractivity contribution is -0.384. The highest BCUT2D eigenvalue weighted by Gasteiger charge is 2.08. The molecule has 2 rings (SSSR count). The minimum atomic E-state index is -0.465. The highest BCUT2D eigenvalue weighted by Crippen LogP contribution is 2.13. The molecule has 0 fully saturated rings. The maximum atomic E-state index is 11.7. The molecule has 6 heteroatoms. The Labute approximate surface area is 116 Å². The number of hydrogen-bond acceptors (Lipinski definition) is 3. The van der Waals surface area contributed by atoms with Crippen molar-refractivity contribution in [1.29, 1.82) is 0 Å². The van der Waals surface area contributed by atoms with Gasteiger partial charge >= 0.3 is 0 Å².